The summed E-state index contributed by atoms with van der Waals surface area (Å²) in [5, 5.41) is 14.9. The molecule has 2 N–H and O–H groups in total. The van der Waals surface area contributed by atoms with Gasteiger partial charge in [-0.15, -0.1) is 0 Å². The van der Waals surface area contributed by atoms with Gasteiger partial charge in [0.15, 0.2) is 0 Å². The van der Waals surface area contributed by atoms with E-state index in [9.17, 15) is 9.59 Å². The number of carbonyl (C=O) groups excluding carboxylic acids is 2. The lowest BCUT2D eigenvalue weighted by molar-refractivity contribution is -0.131. The van der Waals surface area contributed by atoms with E-state index in [2.05, 4.69) is 10.6 Å². The molecule has 0 heterocycles. The summed E-state index contributed by atoms with van der Waals surface area (Å²) < 4.78 is 0. The molecule has 0 aliphatic heterocycles. The Labute approximate surface area is 153 Å². The second kappa shape index (κ2) is 7.01. The van der Waals surface area contributed by atoms with Gasteiger partial charge in [-0.1, -0.05) is 37.3 Å². The Morgan fingerprint density at radius 2 is 1.77 bits per heavy atom. The fourth-order valence-electron chi connectivity index (χ4n) is 3.05. The number of nitrogens with zero attached hydrogens (tertiary/aromatic N) is 1. The largest absolute Gasteiger partial charge is 0.325 e. The Morgan fingerprint density at radius 3 is 2.42 bits per heavy atom. The lowest BCUT2D eigenvalue weighted by Crippen LogP contribution is -2.36. The van der Waals surface area contributed by atoms with E-state index in [0.717, 1.165) is 23.2 Å². The molecule has 1 saturated carbocycles. The van der Waals surface area contributed by atoms with Crippen LogP contribution < -0.4 is 10.6 Å². The molecule has 5 nitrogen and oxygen atoms in total. The smallest absolute Gasteiger partial charge is 0.240 e. The van der Waals surface area contributed by atoms with E-state index in [1.54, 1.807) is 24.3 Å². The molecule has 0 radical (unpaired) electrons. The predicted molar refractivity (Wildman–Crippen MR) is 101 cm³/mol. The number of para-hydroxylation sites is 2. The Hall–Kier alpha value is -3.13. The number of hydrogen-bond donors (Lipinski definition) is 2. The summed E-state index contributed by atoms with van der Waals surface area (Å²) in [6.45, 7) is 3.97. The number of amides is 2. The lowest BCUT2D eigenvalue weighted by Gasteiger charge is -2.18. The van der Waals surface area contributed by atoms with E-state index in [-0.39, 0.29) is 11.8 Å². The molecule has 0 spiro atoms. The first kappa shape index (κ1) is 17.7. The van der Waals surface area contributed by atoms with Crippen LogP contribution in [-0.2, 0) is 16.0 Å². The summed E-state index contributed by atoms with van der Waals surface area (Å²) in [7, 11) is 0. The van der Waals surface area contributed by atoms with Gasteiger partial charge in [0, 0.05) is 5.69 Å². The van der Waals surface area contributed by atoms with Crippen LogP contribution in [0, 0.1) is 23.7 Å². The highest BCUT2D eigenvalue weighted by Crippen LogP contribution is 2.48. The molecule has 0 bridgehead atoms. The molecule has 3 rings (SSSR count). The third-order valence-electron chi connectivity index (χ3n) is 4.89. The highest BCUT2D eigenvalue weighted by Gasteiger charge is 2.56. The number of rotatable bonds is 5. The Kier molecular flexibility index (Phi) is 4.77. The first-order chi connectivity index (χ1) is 12.5. The summed E-state index contributed by atoms with van der Waals surface area (Å²) in [4.78, 5) is 25.6. The maximum absolute atomic E-state index is 12.9. The van der Waals surface area contributed by atoms with Crippen molar-refractivity contribution in [2.75, 3.05) is 10.6 Å². The van der Waals surface area contributed by atoms with Gasteiger partial charge in [0.05, 0.1) is 11.3 Å². The molecule has 1 aliphatic rings. The summed E-state index contributed by atoms with van der Waals surface area (Å²) in [5.41, 5.74) is 2.56. The number of nitriles is 1. The maximum Gasteiger partial charge on any atom is 0.240 e. The van der Waals surface area contributed by atoms with E-state index in [1.165, 1.54) is 0 Å². The zero-order valence-electron chi connectivity index (χ0n) is 14.9. The molecule has 0 saturated heterocycles. The molecular formula is C21H21N3O2. The van der Waals surface area contributed by atoms with Crippen molar-refractivity contribution < 1.29 is 9.59 Å². The number of aryl methyl sites for hydroxylation is 2. The van der Waals surface area contributed by atoms with Gasteiger partial charge in [-0.2, -0.15) is 5.26 Å². The van der Waals surface area contributed by atoms with Crippen molar-refractivity contribution in [3.8, 4) is 6.07 Å². The van der Waals surface area contributed by atoms with E-state index < -0.39 is 5.41 Å². The number of carbonyl (C=O) groups is 2. The van der Waals surface area contributed by atoms with Crippen LogP contribution in [0.15, 0.2) is 42.5 Å². The first-order valence-electron chi connectivity index (χ1n) is 8.72. The zero-order valence-corrected chi connectivity index (χ0v) is 14.9. The van der Waals surface area contributed by atoms with Crippen molar-refractivity contribution in [2.45, 2.75) is 33.1 Å². The van der Waals surface area contributed by atoms with E-state index in [4.69, 9.17) is 5.26 Å². The van der Waals surface area contributed by atoms with Crippen molar-refractivity contribution in [3.63, 3.8) is 0 Å². The second-order valence-corrected chi connectivity index (χ2v) is 6.61. The minimum Gasteiger partial charge on any atom is -0.325 e. The first-order valence-corrected chi connectivity index (χ1v) is 8.72. The Balaban J connectivity index is 1.80. The van der Waals surface area contributed by atoms with Crippen LogP contribution >= 0.6 is 0 Å². The van der Waals surface area contributed by atoms with Crippen molar-refractivity contribution >= 4 is 23.2 Å². The van der Waals surface area contributed by atoms with Crippen LogP contribution in [0.3, 0.4) is 0 Å². The van der Waals surface area contributed by atoms with Crippen LogP contribution in [0.5, 0.6) is 0 Å². The highest BCUT2D eigenvalue weighted by molar-refractivity contribution is 6.17. The van der Waals surface area contributed by atoms with E-state index in [1.807, 2.05) is 38.1 Å². The quantitative estimate of drug-likeness (QED) is 0.807. The second-order valence-electron chi connectivity index (χ2n) is 6.61. The summed E-state index contributed by atoms with van der Waals surface area (Å²) in [6.07, 6.45) is 1.81. The SMILES string of the molecule is CCc1cccc(C)c1NC(=O)C1(C(=O)Nc2ccccc2C#N)CC1. The average molecular weight is 347 g/mol. The molecular weight excluding hydrogens is 326 g/mol. The van der Waals surface area contributed by atoms with Crippen LogP contribution in [0.2, 0.25) is 0 Å². The molecule has 2 aromatic rings. The van der Waals surface area contributed by atoms with Crippen molar-refractivity contribution in [3.05, 3.63) is 59.2 Å². The fraction of sp³-hybridized carbons (Fsp3) is 0.286. The molecule has 2 aromatic carbocycles. The van der Waals surface area contributed by atoms with E-state index >= 15 is 0 Å². The standard InChI is InChI=1S/C21H21N3O2/c1-3-15-9-6-7-14(2)18(15)24-20(26)21(11-12-21)19(25)23-17-10-5-4-8-16(17)13-22/h4-10H,3,11-12H2,1-2H3,(H,23,25)(H,24,26). The van der Waals surface area contributed by atoms with Crippen LogP contribution in [0.1, 0.15) is 36.5 Å². The number of hydrogen-bond acceptors (Lipinski definition) is 3. The third-order valence-corrected chi connectivity index (χ3v) is 4.89. The molecule has 1 aliphatic carbocycles. The fourth-order valence-corrected chi connectivity index (χ4v) is 3.05. The minimum absolute atomic E-state index is 0.284. The topological polar surface area (TPSA) is 82.0 Å². The molecule has 5 heteroatoms. The van der Waals surface area contributed by atoms with Gasteiger partial charge in [0.2, 0.25) is 11.8 Å². The van der Waals surface area contributed by atoms with Gasteiger partial charge in [-0.25, -0.2) is 0 Å². The molecule has 0 unspecified atom stereocenters. The van der Waals surface area contributed by atoms with Crippen LogP contribution in [0.25, 0.3) is 0 Å². The molecule has 0 atom stereocenters. The number of anilines is 2. The Morgan fingerprint density at radius 1 is 1.08 bits per heavy atom. The van der Waals surface area contributed by atoms with Gasteiger partial charge in [-0.3, -0.25) is 9.59 Å². The normalized spacial score (nSPS) is 14.2. The number of benzene rings is 2. The lowest BCUT2D eigenvalue weighted by atomic mass is 10.0. The van der Waals surface area contributed by atoms with Gasteiger partial charge >= 0.3 is 0 Å². The molecule has 26 heavy (non-hydrogen) atoms. The molecule has 0 aromatic heterocycles. The molecule has 1 fully saturated rings. The van der Waals surface area contributed by atoms with Gasteiger partial charge < -0.3 is 10.6 Å². The van der Waals surface area contributed by atoms with Gasteiger partial charge in [-0.05, 0) is 49.4 Å². The monoisotopic (exact) mass is 347 g/mol. The van der Waals surface area contributed by atoms with E-state index in [0.29, 0.717) is 24.1 Å². The van der Waals surface area contributed by atoms with Crippen molar-refractivity contribution in [1.82, 2.24) is 0 Å². The predicted octanol–water partition coefficient (Wildman–Crippen LogP) is 3.79. The molecule has 2 amide bonds. The maximum atomic E-state index is 12.9. The number of nitrogens with one attached hydrogen (secondary N) is 2. The van der Waals surface area contributed by atoms with Crippen LogP contribution in [-0.4, -0.2) is 11.8 Å². The van der Waals surface area contributed by atoms with Gasteiger partial charge in [0.1, 0.15) is 11.5 Å². The summed E-state index contributed by atoms with van der Waals surface area (Å²) in [6, 6.07) is 14.7. The molecule has 132 valence electrons. The minimum atomic E-state index is -1.06. The Bertz CT molecular complexity index is 908. The third kappa shape index (κ3) is 3.18. The summed E-state index contributed by atoms with van der Waals surface area (Å²) in [5.74, 6) is -0.641. The zero-order chi connectivity index (χ0) is 18.7. The van der Waals surface area contributed by atoms with Gasteiger partial charge in [0.25, 0.3) is 0 Å². The average Bonchev–Trinajstić information content (AvgIpc) is 3.46. The van der Waals surface area contributed by atoms with Crippen molar-refractivity contribution in [2.24, 2.45) is 5.41 Å². The van der Waals surface area contributed by atoms with Crippen molar-refractivity contribution in [1.29, 1.82) is 5.26 Å². The van der Waals surface area contributed by atoms with Crippen LogP contribution in [0.4, 0.5) is 11.4 Å². The highest BCUT2D eigenvalue weighted by atomic mass is 16.2. The summed E-state index contributed by atoms with van der Waals surface area (Å²) >= 11 is 0.